The zero-order chi connectivity index (χ0) is 14.7. The molecule has 0 aliphatic carbocycles. The molecule has 3 rings (SSSR count). The van der Waals surface area contributed by atoms with Crippen LogP contribution in [-0.4, -0.2) is 24.0 Å². The van der Waals surface area contributed by atoms with Gasteiger partial charge in [0.25, 0.3) is 5.91 Å². The molecule has 2 aromatic rings. The molecule has 1 aliphatic rings. The van der Waals surface area contributed by atoms with Gasteiger partial charge in [0.05, 0.1) is 11.8 Å². The number of anilines is 2. The number of rotatable bonds is 3. The van der Waals surface area contributed by atoms with Crippen molar-refractivity contribution in [3.05, 3.63) is 54.1 Å². The summed E-state index contributed by atoms with van der Waals surface area (Å²) in [5, 5.41) is 2.69. The standard InChI is InChI=1S/C16H16FN3O/c17-15-11-18-8-7-14(15)16(21)19-12-3-5-13(6-4-12)20-9-1-2-10-20/h3-8,11H,1-2,9-10H2,(H,19,21). The third-order valence-electron chi connectivity index (χ3n) is 3.61. The molecule has 5 heteroatoms. The molecule has 1 fully saturated rings. The Kier molecular flexibility index (Phi) is 3.81. The Morgan fingerprint density at radius 2 is 1.86 bits per heavy atom. The average molecular weight is 285 g/mol. The smallest absolute Gasteiger partial charge is 0.258 e. The monoisotopic (exact) mass is 285 g/mol. The van der Waals surface area contributed by atoms with Crippen molar-refractivity contribution in [2.24, 2.45) is 0 Å². The maximum absolute atomic E-state index is 13.5. The van der Waals surface area contributed by atoms with Crippen LogP contribution in [0.15, 0.2) is 42.7 Å². The van der Waals surface area contributed by atoms with Gasteiger partial charge in [-0.2, -0.15) is 0 Å². The van der Waals surface area contributed by atoms with E-state index in [9.17, 15) is 9.18 Å². The molecule has 0 saturated carbocycles. The second-order valence-corrected chi connectivity index (χ2v) is 5.05. The van der Waals surface area contributed by atoms with Gasteiger partial charge in [0, 0.05) is 30.7 Å². The molecule has 4 nitrogen and oxygen atoms in total. The van der Waals surface area contributed by atoms with Crippen molar-refractivity contribution in [3.8, 4) is 0 Å². The van der Waals surface area contributed by atoms with E-state index in [0.717, 1.165) is 25.0 Å². The van der Waals surface area contributed by atoms with Crippen LogP contribution in [-0.2, 0) is 0 Å². The number of benzene rings is 1. The van der Waals surface area contributed by atoms with E-state index in [4.69, 9.17) is 0 Å². The predicted molar refractivity (Wildman–Crippen MR) is 80.0 cm³/mol. The first-order chi connectivity index (χ1) is 10.2. The maximum Gasteiger partial charge on any atom is 0.258 e. The fourth-order valence-electron chi connectivity index (χ4n) is 2.49. The highest BCUT2D eigenvalue weighted by Gasteiger charge is 2.13. The minimum atomic E-state index is -0.622. The Labute approximate surface area is 122 Å². The van der Waals surface area contributed by atoms with Gasteiger partial charge in [-0.15, -0.1) is 0 Å². The molecule has 108 valence electrons. The van der Waals surface area contributed by atoms with Crippen LogP contribution in [0.3, 0.4) is 0 Å². The van der Waals surface area contributed by atoms with E-state index in [1.54, 1.807) is 0 Å². The van der Waals surface area contributed by atoms with Crippen LogP contribution in [0.25, 0.3) is 0 Å². The maximum atomic E-state index is 13.5. The van der Waals surface area contributed by atoms with Crippen LogP contribution >= 0.6 is 0 Å². The molecule has 21 heavy (non-hydrogen) atoms. The lowest BCUT2D eigenvalue weighted by Crippen LogP contribution is -2.17. The fraction of sp³-hybridized carbons (Fsp3) is 0.250. The molecule has 0 radical (unpaired) electrons. The number of carbonyl (C=O) groups is 1. The van der Waals surface area contributed by atoms with Crippen molar-refractivity contribution >= 4 is 17.3 Å². The van der Waals surface area contributed by atoms with Crippen molar-refractivity contribution < 1.29 is 9.18 Å². The SMILES string of the molecule is O=C(Nc1ccc(N2CCCC2)cc1)c1ccncc1F. The number of nitrogens with one attached hydrogen (secondary N) is 1. The van der Waals surface area contributed by atoms with Gasteiger partial charge in [0.2, 0.25) is 0 Å². The number of halogens is 1. The highest BCUT2D eigenvalue weighted by Crippen LogP contribution is 2.22. The van der Waals surface area contributed by atoms with E-state index in [1.807, 2.05) is 24.3 Å². The summed E-state index contributed by atoms with van der Waals surface area (Å²) in [7, 11) is 0. The Balaban J connectivity index is 1.70. The van der Waals surface area contributed by atoms with Crippen LogP contribution in [0.2, 0.25) is 0 Å². The number of carbonyl (C=O) groups excluding carboxylic acids is 1. The van der Waals surface area contributed by atoms with Gasteiger partial charge in [0.15, 0.2) is 5.82 Å². The first-order valence-electron chi connectivity index (χ1n) is 7.00. The third kappa shape index (κ3) is 3.02. The molecule has 1 aromatic heterocycles. The second kappa shape index (κ2) is 5.91. The Morgan fingerprint density at radius 1 is 1.14 bits per heavy atom. The molecule has 0 unspecified atom stereocenters. The average Bonchev–Trinajstić information content (AvgIpc) is 3.02. The van der Waals surface area contributed by atoms with Gasteiger partial charge in [-0.1, -0.05) is 0 Å². The van der Waals surface area contributed by atoms with Gasteiger partial charge in [-0.05, 0) is 43.2 Å². The van der Waals surface area contributed by atoms with E-state index < -0.39 is 11.7 Å². The summed E-state index contributed by atoms with van der Waals surface area (Å²) < 4.78 is 13.5. The summed E-state index contributed by atoms with van der Waals surface area (Å²) >= 11 is 0. The first-order valence-corrected chi connectivity index (χ1v) is 7.00. The van der Waals surface area contributed by atoms with Crippen molar-refractivity contribution in [1.29, 1.82) is 0 Å². The minimum Gasteiger partial charge on any atom is -0.372 e. The van der Waals surface area contributed by atoms with Crippen LogP contribution in [0.4, 0.5) is 15.8 Å². The lowest BCUT2D eigenvalue weighted by Gasteiger charge is -2.17. The van der Waals surface area contributed by atoms with Gasteiger partial charge in [-0.25, -0.2) is 4.39 Å². The first kappa shape index (κ1) is 13.5. The van der Waals surface area contributed by atoms with Crippen LogP contribution < -0.4 is 10.2 Å². The molecule has 1 saturated heterocycles. The summed E-state index contributed by atoms with van der Waals surface area (Å²) in [6, 6.07) is 8.99. The summed E-state index contributed by atoms with van der Waals surface area (Å²) in [5.41, 5.74) is 1.80. The van der Waals surface area contributed by atoms with Crippen LogP contribution in [0, 0.1) is 5.82 Å². The molecular weight excluding hydrogens is 269 g/mol. The number of hydrogen-bond donors (Lipinski definition) is 1. The van der Waals surface area contributed by atoms with E-state index in [1.165, 1.54) is 25.1 Å². The van der Waals surface area contributed by atoms with Crippen LogP contribution in [0.5, 0.6) is 0 Å². The highest BCUT2D eigenvalue weighted by atomic mass is 19.1. The molecule has 2 heterocycles. The molecule has 1 aromatic carbocycles. The molecule has 0 atom stereocenters. The normalized spacial score (nSPS) is 14.2. The third-order valence-corrected chi connectivity index (χ3v) is 3.61. The number of nitrogens with zero attached hydrogens (tertiary/aromatic N) is 2. The number of pyridine rings is 1. The summed E-state index contributed by atoms with van der Waals surface area (Å²) in [5.74, 6) is -1.09. The largest absolute Gasteiger partial charge is 0.372 e. The molecule has 1 amide bonds. The molecule has 0 spiro atoms. The summed E-state index contributed by atoms with van der Waals surface area (Å²) in [4.78, 5) is 17.9. The molecule has 1 N–H and O–H groups in total. The summed E-state index contributed by atoms with van der Waals surface area (Å²) in [6.45, 7) is 2.15. The van der Waals surface area contributed by atoms with Gasteiger partial charge in [0.1, 0.15) is 0 Å². The number of amides is 1. The topological polar surface area (TPSA) is 45.2 Å². The summed E-state index contributed by atoms with van der Waals surface area (Å²) in [6.07, 6.45) is 4.87. The van der Waals surface area contributed by atoms with E-state index in [-0.39, 0.29) is 5.56 Å². The van der Waals surface area contributed by atoms with Crippen LogP contribution in [0.1, 0.15) is 23.2 Å². The number of hydrogen-bond acceptors (Lipinski definition) is 3. The Morgan fingerprint density at radius 3 is 2.52 bits per heavy atom. The van der Waals surface area contributed by atoms with E-state index in [2.05, 4.69) is 15.2 Å². The van der Waals surface area contributed by atoms with Gasteiger partial charge < -0.3 is 10.2 Å². The highest BCUT2D eigenvalue weighted by molar-refractivity contribution is 6.04. The van der Waals surface area contributed by atoms with Crippen molar-refractivity contribution in [3.63, 3.8) is 0 Å². The zero-order valence-electron chi connectivity index (χ0n) is 11.6. The van der Waals surface area contributed by atoms with Crippen molar-refractivity contribution in [1.82, 2.24) is 4.98 Å². The van der Waals surface area contributed by atoms with Crippen molar-refractivity contribution in [2.75, 3.05) is 23.3 Å². The van der Waals surface area contributed by atoms with Gasteiger partial charge in [-0.3, -0.25) is 9.78 Å². The van der Waals surface area contributed by atoms with E-state index in [0.29, 0.717) is 5.69 Å². The lowest BCUT2D eigenvalue weighted by molar-refractivity contribution is 0.102. The predicted octanol–water partition coefficient (Wildman–Crippen LogP) is 3.07. The molecule has 1 aliphatic heterocycles. The molecular formula is C16H16FN3O. The second-order valence-electron chi connectivity index (χ2n) is 5.05. The lowest BCUT2D eigenvalue weighted by atomic mass is 10.2. The van der Waals surface area contributed by atoms with E-state index >= 15 is 0 Å². The Bertz CT molecular complexity index is 636. The van der Waals surface area contributed by atoms with Gasteiger partial charge >= 0.3 is 0 Å². The molecule has 0 bridgehead atoms. The quantitative estimate of drug-likeness (QED) is 0.942. The fourth-order valence-corrected chi connectivity index (χ4v) is 2.49. The van der Waals surface area contributed by atoms with Crippen molar-refractivity contribution in [2.45, 2.75) is 12.8 Å². The minimum absolute atomic E-state index is 0.00591. The number of aromatic nitrogens is 1. The zero-order valence-corrected chi connectivity index (χ0v) is 11.6. The Hall–Kier alpha value is -2.43.